The van der Waals surface area contributed by atoms with Crippen molar-refractivity contribution in [1.82, 2.24) is 4.98 Å². The third-order valence-electron chi connectivity index (χ3n) is 3.76. The normalized spacial score (nSPS) is 10.6. The van der Waals surface area contributed by atoms with Gasteiger partial charge in [0.1, 0.15) is 0 Å². The molecule has 0 fully saturated rings. The summed E-state index contributed by atoms with van der Waals surface area (Å²) in [5.74, 6) is 0.146. The van der Waals surface area contributed by atoms with Crippen molar-refractivity contribution in [3.05, 3.63) is 76.4 Å². The van der Waals surface area contributed by atoms with Gasteiger partial charge in [0.15, 0.2) is 5.78 Å². The highest BCUT2D eigenvalue weighted by Gasteiger charge is 2.11. The molecule has 0 amide bonds. The zero-order valence-electron chi connectivity index (χ0n) is 12.7. The highest BCUT2D eigenvalue weighted by Crippen LogP contribution is 2.30. The van der Waals surface area contributed by atoms with Gasteiger partial charge in [-0.1, -0.05) is 24.3 Å². The smallest absolute Gasteiger partial charge is 0.177 e. The van der Waals surface area contributed by atoms with Crippen LogP contribution in [0.25, 0.3) is 10.4 Å². The van der Waals surface area contributed by atoms with Gasteiger partial charge in [-0.25, -0.2) is 0 Å². The largest absolute Gasteiger partial charge is 0.293 e. The van der Waals surface area contributed by atoms with Crippen LogP contribution >= 0.6 is 11.3 Å². The number of ketones is 1. The summed E-state index contributed by atoms with van der Waals surface area (Å²) < 4.78 is 0. The predicted molar refractivity (Wildman–Crippen MR) is 91.5 cm³/mol. The molecule has 0 saturated carbocycles. The Balaban J connectivity index is 1.81. The fourth-order valence-corrected chi connectivity index (χ4v) is 3.25. The van der Waals surface area contributed by atoms with Gasteiger partial charge in [0.05, 0.1) is 4.88 Å². The molecular weight excluding hydrogens is 290 g/mol. The fraction of sp³-hybridized carbons (Fsp3) is 0.158. The summed E-state index contributed by atoms with van der Waals surface area (Å²) in [7, 11) is 0. The maximum atomic E-state index is 12.4. The fourth-order valence-electron chi connectivity index (χ4n) is 2.31. The minimum absolute atomic E-state index is 0.146. The van der Waals surface area contributed by atoms with E-state index in [4.69, 9.17) is 0 Å². The van der Waals surface area contributed by atoms with Crippen molar-refractivity contribution in [2.24, 2.45) is 0 Å². The van der Waals surface area contributed by atoms with Crippen LogP contribution in [0.4, 0.5) is 0 Å². The number of pyridine rings is 1. The molecule has 3 aromatic rings. The average Bonchev–Trinajstić information content (AvgIpc) is 3.01. The van der Waals surface area contributed by atoms with Gasteiger partial charge in [0.25, 0.3) is 0 Å². The first-order valence-corrected chi connectivity index (χ1v) is 8.05. The molecular formula is C19H17NOS. The quantitative estimate of drug-likeness (QED) is 0.645. The monoisotopic (exact) mass is 307 g/mol. The molecule has 22 heavy (non-hydrogen) atoms. The summed E-state index contributed by atoms with van der Waals surface area (Å²) in [6.45, 7) is 4.22. The van der Waals surface area contributed by atoms with Crippen molar-refractivity contribution in [3.8, 4) is 10.4 Å². The van der Waals surface area contributed by atoms with Gasteiger partial charge in [-0.15, -0.1) is 11.3 Å². The van der Waals surface area contributed by atoms with E-state index in [1.54, 1.807) is 23.7 Å². The molecule has 110 valence electrons. The molecule has 0 N–H and O–H groups in total. The standard InChI is InChI=1S/C19H17NOS/c1-13-5-6-16(10-14(13)2)18-7-8-19(22-18)17(21)11-15-4-3-9-20-12-15/h3-10,12H,11H2,1-2H3. The van der Waals surface area contributed by atoms with E-state index in [1.807, 2.05) is 24.3 Å². The molecule has 2 heterocycles. The van der Waals surface area contributed by atoms with Crippen molar-refractivity contribution in [2.75, 3.05) is 0 Å². The Labute approximate surface area is 134 Å². The van der Waals surface area contributed by atoms with Gasteiger partial charge < -0.3 is 0 Å². The van der Waals surface area contributed by atoms with Crippen LogP contribution in [0.15, 0.2) is 54.9 Å². The molecule has 0 aliphatic heterocycles. The lowest BCUT2D eigenvalue weighted by molar-refractivity contribution is 0.0996. The number of thiophene rings is 1. The van der Waals surface area contributed by atoms with Crippen molar-refractivity contribution in [1.29, 1.82) is 0 Å². The Morgan fingerprint density at radius 2 is 1.95 bits per heavy atom. The van der Waals surface area contributed by atoms with Crippen LogP contribution in [0, 0.1) is 13.8 Å². The number of aromatic nitrogens is 1. The highest BCUT2D eigenvalue weighted by atomic mass is 32.1. The zero-order chi connectivity index (χ0) is 15.5. The van der Waals surface area contributed by atoms with Gasteiger partial charge in [0, 0.05) is 23.7 Å². The minimum Gasteiger partial charge on any atom is -0.293 e. The van der Waals surface area contributed by atoms with Gasteiger partial charge in [-0.05, 0) is 54.3 Å². The van der Waals surface area contributed by atoms with Gasteiger partial charge >= 0.3 is 0 Å². The SMILES string of the molecule is Cc1ccc(-c2ccc(C(=O)Cc3cccnc3)s2)cc1C. The topological polar surface area (TPSA) is 30.0 Å². The first-order valence-electron chi connectivity index (χ1n) is 7.23. The van der Waals surface area contributed by atoms with Crippen LogP contribution < -0.4 is 0 Å². The molecule has 0 atom stereocenters. The Morgan fingerprint density at radius 1 is 1.09 bits per heavy atom. The Morgan fingerprint density at radius 3 is 2.68 bits per heavy atom. The lowest BCUT2D eigenvalue weighted by atomic mass is 10.1. The summed E-state index contributed by atoms with van der Waals surface area (Å²) in [6, 6.07) is 14.2. The Bertz CT molecular complexity index is 805. The lowest BCUT2D eigenvalue weighted by Crippen LogP contribution is -2.01. The van der Waals surface area contributed by atoms with E-state index >= 15 is 0 Å². The summed E-state index contributed by atoms with van der Waals surface area (Å²) in [6.07, 6.45) is 3.87. The molecule has 0 saturated heterocycles. The maximum absolute atomic E-state index is 12.4. The third-order valence-corrected chi connectivity index (χ3v) is 4.94. The number of carbonyl (C=O) groups excluding carboxylic acids is 1. The van der Waals surface area contributed by atoms with Gasteiger partial charge in [-0.3, -0.25) is 9.78 Å². The first kappa shape index (κ1) is 14.7. The predicted octanol–water partition coefficient (Wildman–Crippen LogP) is 4.85. The number of nitrogens with zero attached hydrogens (tertiary/aromatic N) is 1. The summed E-state index contributed by atoms with van der Waals surface area (Å²) in [4.78, 5) is 18.4. The van der Waals surface area contributed by atoms with E-state index in [0.717, 1.165) is 15.3 Å². The molecule has 0 aliphatic rings. The third kappa shape index (κ3) is 3.15. The van der Waals surface area contributed by atoms with Crippen LogP contribution in [0.2, 0.25) is 0 Å². The number of rotatable bonds is 4. The van der Waals surface area contributed by atoms with Crippen LogP contribution in [0.3, 0.4) is 0 Å². The second-order valence-electron chi connectivity index (χ2n) is 5.42. The zero-order valence-corrected chi connectivity index (χ0v) is 13.5. The molecule has 0 unspecified atom stereocenters. The number of aryl methyl sites for hydroxylation is 2. The Kier molecular flexibility index (Phi) is 4.16. The number of hydrogen-bond acceptors (Lipinski definition) is 3. The molecule has 0 aliphatic carbocycles. The van der Waals surface area contributed by atoms with E-state index < -0.39 is 0 Å². The van der Waals surface area contributed by atoms with E-state index in [2.05, 4.69) is 37.0 Å². The van der Waals surface area contributed by atoms with E-state index in [9.17, 15) is 4.79 Å². The maximum Gasteiger partial charge on any atom is 0.177 e. The molecule has 2 aromatic heterocycles. The first-order chi connectivity index (χ1) is 10.6. The second-order valence-corrected chi connectivity index (χ2v) is 6.51. The van der Waals surface area contributed by atoms with Crippen molar-refractivity contribution in [3.63, 3.8) is 0 Å². The number of hydrogen-bond donors (Lipinski definition) is 0. The summed E-state index contributed by atoms with van der Waals surface area (Å²) >= 11 is 1.56. The van der Waals surface area contributed by atoms with Gasteiger partial charge in [-0.2, -0.15) is 0 Å². The molecule has 0 bridgehead atoms. The molecule has 0 radical (unpaired) electrons. The van der Waals surface area contributed by atoms with Crippen LogP contribution in [-0.4, -0.2) is 10.8 Å². The van der Waals surface area contributed by atoms with E-state index in [0.29, 0.717) is 6.42 Å². The molecule has 0 spiro atoms. The molecule has 3 rings (SSSR count). The van der Waals surface area contributed by atoms with E-state index in [-0.39, 0.29) is 5.78 Å². The lowest BCUT2D eigenvalue weighted by Gasteiger charge is -2.03. The van der Waals surface area contributed by atoms with Crippen molar-refractivity contribution >= 4 is 17.1 Å². The average molecular weight is 307 g/mol. The number of carbonyl (C=O) groups is 1. The summed E-state index contributed by atoms with van der Waals surface area (Å²) in [5.41, 5.74) is 4.68. The van der Waals surface area contributed by atoms with Crippen molar-refractivity contribution in [2.45, 2.75) is 20.3 Å². The second kappa shape index (κ2) is 6.24. The molecule has 3 heteroatoms. The number of benzene rings is 1. The molecule has 2 nitrogen and oxygen atoms in total. The van der Waals surface area contributed by atoms with Crippen LogP contribution in [-0.2, 0) is 6.42 Å². The van der Waals surface area contributed by atoms with Gasteiger partial charge in [0.2, 0.25) is 0 Å². The summed E-state index contributed by atoms with van der Waals surface area (Å²) in [5, 5.41) is 0. The number of Topliss-reactive ketones (excluding diaryl/α,β-unsaturated/α-hetero) is 1. The minimum atomic E-state index is 0.146. The molecule has 1 aromatic carbocycles. The van der Waals surface area contributed by atoms with E-state index in [1.165, 1.54) is 16.7 Å². The van der Waals surface area contributed by atoms with Crippen LogP contribution in [0.5, 0.6) is 0 Å². The van der Waals surface area contributed by atoms with Crippen LogP contribution in [0.1, 0.15) is 26.4 Å². The van der Waals surface area contributed by atoms with Crippen molar-refractivity contribution < 1.29 is 4.79 Å². The Hall–Kier alpha value is -2.26. The highest BCUT2D eigenvalue weighted by molar-refractivity contribution is 7.17.